The van der Waals surface area contributed by atoms with Crippen molar-refractivity contribution in [3.63, 3.8) is 0 Å². The summed E-state index contributed by atoms with van der Waals surface area (Å²) < 4.78 is 2.37. The van der Waals surface area contributed by atoms with Crippen molar-refractivity contribution in [3.05, 3.63) is 210 Å². The van der Waals surface area contributed by atoms with Gasteiger partial charge in [0.1, 0.15) is 0 Å². The van der Waals surface area contributed by atoms with E-state index in [1.807, 2.05) is 0 Å². The zero-order chi connectivity index (χ0) is 32.4. The molecule has 1 aromatic heterocycles. The van der Waals surface area contributed by atoms with Crippen LogP contribution in [0.5, 0.6) is 0 Å². The zero-order valence-electron chi connectivity index (χ0n) is 26.8. The standard InChI is InChI=1S/C47H32N2/c1-2-18-36(19-3-1)49-45-27-11-8-23-40(45)41-29-28-35(31-46(41)49)48-34-17-13-16-33(30-34)47(42-26-12-15-32-14-4-5-20-37(32)42)43-24-9-6-21-38(43)39-22-7-10-25-44(39)47/h1-31,48H. The second kappa shape index (κ2) is 10.8. The third kappa shape index (κ3) is 4.07. The van der Waals surface area contributed by atoms with E-state index in [-0.39, 0.29) is 0 Å². The minimum absolute atomic E-state index is 0.491. The number of para-hydroxylation sites is 2. The highest BCUT2D eigenvalue weighted by atomic mass is 15.0. The van der Waals surface area contributed by atoms with Crippen molar-refractivity contribution >= 4 is 44.0 Å². The zero-order valence-corrected chi connectivity index (χ0v) is 26.8. The molecule has 0 amide bonds. The van der Waals surface area contributed by atoms with E-state index in [0.29, 0.717) is 0 Å². The van der Waals surface area contributed by atoms with Gasteiger partial charge in [0.2, 0.25) is 0 Å². The van der Waals surface area contributed by atoms with Gasteiger partial charge in [-0.05, 0) is 86.6 Å². The molecule has 0 bridgehead atoms. The minimum atomic E-state index is -0.491. The number of nitrogens with one attached hydrogen (secondary N) is 1. The number of fused-ring (bicyclic) bond motifs is 7. The van der Waals surface area contributed by atoms with Crippen LogP contribution in [-0.4, -0.2) is 4.57 Å². The Morgan fingerprint density at radius 2 is 0.980 bits per heavy atom. The fraction of sp³-hybridized carbons (Fsp3) is 0.0213. The molecule has 1 aliphatic carbocycles. The van der Waals surface area contributed by atoms with Crippen LogP contribution in [0.3, 0.4) is 0 Å². The topological polar surface area (TPSA) is 17.0 Å². The highest BCUT2D eigenvalue weighted by Crippen LogP contribution is 2.57. The Kier molecular flexibility index (Phi) is 6.13. The first-order valence-corrected chi connectivity index (χ1v) is 16.9. The molecule has 0 saturated heterocycles. The lowest BCUT2D eigenvalue weighted by molar-refractivity contribution is 0.777. The molecule has 9 aromatic rings. The average Bonchev–Trinajstić information content (AvgIpc) is 3.66. The molecule has 8 aromatic carbocycles. The number of hydrogen-bond donors (Lipinski definition) is 1. The minimum Gasteiger partial charge on any atom is -0.355 e. The predicted octanol–water partition coefficient (Wildman–Crippen LogP) is 12.0. The lowest BCUT2D eigenvalue weighted by atomic mass is 9.66. The van der Waals surface area contributed by atoms with E-state index in [4.69, 9.17) is 0 Å². The van der Waals surface area contributed by atoms with Crippen molar-refractivity contribution in [2.75, 3.05) is 5.32 Å². The second-order valence-corrected chi connectivity index (χ2v) is 13.0. The van der Waals surface area contributed by atoms with Gasteiger partial charge in [0.25, 0.3) is 0 Å². The fourth-order valence-electron chi connectivity index (χ4n) is 8.44. The highest BCUT2D eigenvalue weighted by Gasteiger charge is 2.46. The molecule has 0 radical (unpaired) electrons. The van der Waals surface area contributed by atoms with E-state index in [2.05, 4.69) is 198 Å². The monoisotopic (exact) mass is 624 g/mol. The smallest absolute Gasteiger partial charge is 0.0720 e. The molecule has 1 N–H and O–H groups in total. The lowest BCUT2D eigenvalue weighted by Gasteiger charge is -2.35. The molecule has 230 valence electrons. The van der Waals surface area contributed by atoms with Crippen LogP contribution < -0.4 is 5.32 Å². The van der Waals surface area contributed by atoms with Crippen molar-refractivity contribution in [1.82, 2.24) is 4.57 Å². The number of anilines is 2. The molecule has 2 nitrogen and oxygen atoms in total. The van der Waals surface area contributed by atoms with Crippen molar-refractivity contribution in [2.24, 2.45) is 0 Å². The summed E-state index contributed by atoms with van der Waals surface area (Å²) in [4.78, 5) is 0. The summed E-state index contributed by atoms with van der Waals surface area (Å²) in [5.41, 5.74) is 12.9. The van der Waals surface area contributed by atoms with Crippen LogP contribution in [0.4, 0.5) is 11.4 Å². The Bertz CT molecular complexity index is 2650. The van der Waals surface area contributed by atoms with Crippen LogP contribution >= 0.6 is 0 Å². The molecule has 0 saturated carbocycles. The summed E-state index contributed by atoms with van der Waals surface area (Å²) in [7, 11) is 0. The number of rotatable bonds is 5. The molecule has 1 aliphatic rings. The van der Waals surface area contributed by atoms with Gasteiger partial charge in [0.15, 0.2) is 0 Å². The van der Waals surface area contributed by atoms with Gasteiger partial charge in [-0.25, -0.2) is 0 Å². The third-order valence-corrected chi connectivity index (χ3v) is 10.4. The fourth-order valence-corrected chi connectivity index (χ4v) is 8.44. The summed E-state index contributed by atoms with van der Waals surface area (Å²) in [6.07, 6.45) is 0. The van der Waals surface area contributed by atoms with E-state index in [1.165, 1.54) is 66.0 Å². The van der Waals surface area contributed by atoms with Crippen molar-refractivity contribution < 1.29 is 0 Å². The van der Waals surface area contributed by atoms with Crippen molar-refractivity contribution in [1.29, 1.82) is 0 Å². The van der Waals surface area contributed by atoms with Crippen LogP contribution in [0.25, 0.3) is 49.4 Å². The summed E-state index contributed by atoms with van der Waals surface area (Å²) in [6.45, 7) is 0. The normalized spacial score (nSPS) is 13.1. The van der Waals surface area contributed by atoms with Crippen LogP contribution in [-0.2, 0) is 5.41 Å². The number of benzene rings is 8. The summed E-state index contributed by atoms with van der Waals surface area (Å²) in [6, 6.07) is 68.6. The molecule has 1 heterocycles. The van der Waals surface area contributed by atoms with Gasteiger partial charge in [-0.2, -0.15) is 0 Å². The quantitative estimate of drug-likeness (QED) is 0.202. The first-order valence-electron chi connectivity index (χ1n) is 16.9. The van der Waals surface area contributed by atoms with Gasteiger partial charge in [-0.15, -0.1) is 0 Å². The number of nitrogens with zero attached hydrogens (tertiary/aromatic N) is 1. The Morgan fingerprint density at radius 3 is 1.80 bits per heavy atom. The van der Waals surface area contributed by atoms with E-state index in [1.54, 1.807) is 0 Å². The van der Waals surface area contributed by atoms with Crippen LogP contribution in [0, 0.1) is 0 Å². The Labute approximate surface area is 285 Å². The van der Waals surface area contributed by atoms with E-state index < -0.39 is 5.41 Å². The maximum atomic E-state index is 3.82. The van der Waals surface area contributed by atoms with Crippen LogP contribution in [0.2, 0.25) is 0 Å². The predicted molar refractivity (Wildman–Crippen MR) is 205 cm³/mol. The molecule has 0 unspecified atom stereocenters. The van der Waals surface area contributed by atoms with Gasteiger partial charge in [0, 0.05) is 27.8 Å². The van der Waals surface area contributed by atoms with Gasteiger partial charge >= 0.3 is 0 Å². The van der Waals surface area contributed by atoms with E-state index >= 15 is 0 Å². The Hall–Kier alpha value is -6.38. The second-order valence-electron chi connectivity index (χ2n) is 13.0. The lowest BCUT2D eigenvalue weighted by Crippen LogP contribution is -2.29. The van der Waals surface area contributed by atoms with Gasteiger partial charge < -0.3 is 9.88 Å². The molecule has 0 atom stereocenters. The molecule has 2 heteroatoms. The van der Waals surface area contributed by atoms with E-state index in [9.17, 15) is 0 Å². The molecule has 0 spiro atoms. The maximum absolute atomic E-state index is 3.82. The highest BCUT2D eigenvalue weighted by molar-refractivity contribution is 6.10. The molecular formula is C47H32N2. The first-order chi connectivity index (χ1) is 24.3. The molecule has 49 heavy (non-hydrogen) atoms. The van der Waals surface area contributed by atoms with Gasteiger partial charge in [0.05, 0.1) is 16.4 Å². The molecular weight excluding hydrogens is 593 g/mol. The first kappa shape index (κ1) is 27.7. The van der Waals surface area contributed by atoms with Crippen molar-refractivity contribution in [3.8, 4) is 16.8 Å². The Balaban J connectivity index is 1.17. The van der Waals surface area contributed by atoms with Gasteiger partial charge in [-0.3, -0.25) is 0 Å². The number of hydrogen-bond acceptors (Lipinski definition) is 1. The largest absolute Gasteiger partial charge is 0.355 e. The van der Waals surface area contributed by atoms with E-state index in [0.717, 1.165) is 17.1 Å². The van der Waals surface area contributed by atoms with Crippen molar-refractivity contribution in [2.45, 2.75) is 5.41 Å². The summed E-state index contributed by atoms with van der Waals surface area (Å²) >= 11 is 0. The van der Waals surface area contributed by atoms with Crippen LogP contribution in [0.1, 0.15) is 22.3 Å². The molecule has 0 aliphatic heterocycles. The molecule has 0 fully saturated rings. The summed E-state index contributed by atoms with van der Waals surface area (Å²) in [5.74, 6) is 0. The average molecular weight is 625 g/mol. The SMILES string of the molecule is c1ccc(-n2c3ccccc3c3ccc(Nc4cccc(C5(c6cccc7ccccc67)c6ccccc6-c6ccccc65)c4)cc32)cc1. The summed E-state index contributed by atoms with van der Waals surface area (Å²) in [5, 5.41) is 8.84. The number of aromatic nitrogens is 1. The Morgan fingerprint density at radius 1 is 0.388 bits per heavy atom. The van der Waals surface area contributed by atoms with Gasteiger partial charge in [-0.1, -0.05) is 146 Å². The maximum Gasteiger partial charge on any atom is 0.0720 e. The van der Waals surface area contributed by atoms with Crippen LogP contribution in [0.15, 0.2) is 188 Å². The third-order valence-electron chi connectivity index (χ3n) is 10.4. The molecule has 10 rings (SSSR count).